The molecule has 0 aliphatic rings. The average molecular weight is 1680 g/mol. The molecular weight excluding hydrogens is 1600 g/mol. The Balaban J connectivity index is 0.499. The fourth-order valence-electron chi connectivity index (χ4n) is 20.4. The normalized spacial score (nSPS) is 11.8. The lowest BCUT2D eigenvalue weighted by atomic mass is 9.94. The Hall–Kier alpha value is -17.7. The zero-order chi connectivity index (χ0) is 86.9. The second-order valence-electron chi connectivity index (χ2n) is 34.4. The monoisotopic (exact) mass is 1680 g/mol. The molecule has 6 heterocycles. The summed E-state index contributed by atoms with van der Waals surface area (Å²) < 4.78 is 9.58. The van der Waals surface area contributed by atoms with Gasteiger partial charge in [-0.05, 0) is 253 Å². The molecule has 0 radical (unpaired) electrons. The summed E-state index contributed by atoms with van der Waals surface area (Å²) in [6, 6.07) is 171. The number of para-hydroxylation sites is 5. The predicted octanol–water partition coefficient (Wildman–Crippen LogP) is 32.3. The van der Waals surface area contributed by atoms with Gasteiger partial charge in [0.2, 0.25) is 0 Å². The van der Waals surface area contributed by atoms with Crippen molar-refractivity contribution in [3.8, 4) is 146 Å². The second kappa shape index (κ2) is 31.1. The molecule has 0 atom stereocenters. The molecule has 0 bridgehead atoms. The van der Waals surface area contributed by atoms with Gasteiger partial charge in [0.15, 0.2) is 11.6 Å². The Morgan fingerprint density at radius 1 is 0.129 bits per heavy atom. The molecular formula is C124H78N8. The molecule has 132 heavy (non-hydrogen) atoms. The third kappa shape index (κ3) is 13.0. The lowest BCUT2D eigenvalue weighted by Crippen LogP contribution is -1.98. The number of benzene rings is 20. The van der Waals surface area contributed by atoms with Crippen LogP contribution >= 0.6 is 0 Å². The summed E-state index contributed by atoms with van der Waals surface area (Å²) in [5, 5.41) is 14.2. The van der Waals surface area contributed by atoms with Crippen LogP contribution in [0.1, 0.15) is 0 Å². The molecule has 0 saturated heterocycles. The lowest BCUT2D eigenvalue weighted by molar-refractivity contribution is 1.16. The summed E-state index contributed by atoms with van der Waals surface area (Å²) >= 11 is 0. The van der Waals surface area contributed by atoms with Gasteiger partial charge in [0.05, 0.1) is 66.9 Å². The van der Waals surface area contributed by atoms with Crippen LogP contribution in [0, 0.1) is 0 Å². The smallest absolute Gasteiger partial charge is 0.160 e. The van der Waals surface area contributed by atoms with Gasteiger partial charge in [-0.25, -0.2) is 19.9 Å². The quantitative estimate of drug-likeness (QED) is 0.103. The SMILES string of the molecule is c1ccc(-c2cc(-c3ccccc3)cc(-c3cc(-c4ccccc4)nc(-c4ccc(-n5c6ccccc6c6cc(-c7ccc8c(c7)c7ccccc7n8-c7ccc(-c8cccc9cc(-c%10nc(-c%11ccc(-n%12c%13ccccc%13c%13cc(-c%14ccc%15c(c%14)c%14ccccc%14n%15-c%14ccccc%14)ccc%13%12)cc%11)cc(-c%11ccc%12ccccc%12c%11)n%10)ccc89)cc7)ccc65)cc4)n3)c2)cc1. The molecule has 0 N–H and O–H groups in total. The highest BCUT2D eigenvalue weighted by molar-refractivity contribution is 6.16. The van der Waals surface area contributed by atoms with Crippen LogP contribution in [0.25, 0.3) is 255 Å². The van der Waals surface area contributed by atoms with Crippen molar-refractivity contribution in [2.75, 3.05) is 0 Å². The molecule has 614 valence electrons. The van der Waals surface area contributed by atoms with Gasteiger partial charge in [-0.2, -0.15) is 0 Å². The molecule has 6 aromatic heterocycles. The van der Waals surface area contributed by atoms with Crippen molar-refractivity contribution in [1.82, 2.24) is 38.2 Å². The van der Waals surface area contributed by atoms with Crippen molar-refractivity contribution in [3.63, 3.8) is 0 Å². The van der Waals surface area contributed by atoms with E-state index < -0.39 is 0 Å². The van der Waals surface area contributed by atoms with Crippen molar-refractivity contribution in [2.45, 2.75) is 0 Å². The Morgan fingerprint density at radius 3 is 0.886 bits per heavy atom. The molecule has 0 fully saturated rings. The first-order valence-corrected chi connectivity index (χ1v) is 45.0. The van der Waals surface area contributed by atoms with Crippen LogP contribution in [-0.2, 0) is 0 Å². The Kier molecular flexibility index (Phi) is 17.8. The molecule has 8 nitrogen and oxygen atoms in total. The van der Waals surface area contributed by atoms with Gasteiger partial charge in [-0.15, -0.1) is 0 Å². The molecule has 20 aromatic carbocycles. The number of nitrogens with zero attached hydrogens (tertiary/aromatic N) is 8. The highest BCUT2D eigenvalue weighted by Crippen LogP contribution is 2.45. The lowest BCUT2D eigenvalue weighted by Gasteiger charge is -2.14. The summed E-state index contributed by atoms with van der Waals surface area (Å²) in [4.78, 5) is 21.6. The van der Waals surface area contributed by atoms with E-state index in [4.69, 9.17) is 19.9 Å². The minimum atomic E-state index is 0.659. The first-order valence-electron chi connectivity index (χ1n) is 45.0. The van der Waals surface area contributed by atoms with Gasteiger partial charge >= 0.3 is 0 Å². The van der Waals surface area contributed by atoms with E-state index in [1.165, 1.54) is 70.6 Å². The number of hydrogen-bond acceptors (Lipinski definition) is 4. The number of hydrogen-bond donors (Lipinski definition) is 0. The van der Waals surface area contributed by atoms with Crippen molar-refractivity contribution in [3.05, 3.63) is 473 Å². The molecule has 0 unspecified atom stereocenters. The second-order valence-corrected chi connectivity index (χ2v) is 34.4. The molecule has 8 heteroatoms. The summed E-state index contributed by atoms with van der Waals surface area (Å²) in [6.07, 6.45) is 0. The third-order valence-electron chi connectivity index (χ3n) is 26.8. The summed E-state index contributed by atoms with van der Waals surface area (Å²) in [5.74, 6) is 1.32. The van der Waals surface area contributed by atoms with Crippen molar-refractivity contribution in [2.24, 2.45) is 0 Å². The van der Waals surface area contributed by atoms with Crippen molar-refractivity contribution < 1.29 is 0 Å². The van der Waals surface area contributed by atoms with Gasteiger partial charge < -0.3 is 18.3 Å². The summed E-state index contributed by atoms with van der Waals surface area (Å²) in [6.45, 7) is 0. The first kappa shape index (κ1) is 75.6. The van der Waals surface area contributed by atoms with E-state index in [0.29, 0.717) is 11.6 Å². The van der Waals surface area contributed by atoms with Gasteiger partial charge in [-0.1, -0.05) is 297 Å². The maximum absolute atomic E-state index is 5.47. The maximum atomic E-state index is 5.47. The molecule has 0 saturated carbocycles. The van der Waals surface area contributed by atoms with Gasteiger partial charge in [-0.3, -0.25) is 0 Å². The molecule has 26 aromatic rings. The van der Waals surface area contributed by atoms with Crippen LogP contribution in [0.3, 0.4) is 0 Å². The largest absolute Gasteiger partial charge is 0.309 e. The number of aromatic nitrogens is 8. The Bertz CT molecular complexity index is 9050. The number of rotatable bonds is 15. The molecule has 26 rings (SSSR count). The molecule has 0 aliphatic heterocycles. The predicted molar refractivity (Wildman–Crippen MR) is 550 cm³/mol. The van der Waals surface area contributed by atoms with Gasteiger partial charge in [0.1, 0.15) is 0 Å². The molecule has 0 spiro atoms. The van der Waals surface area contributed by atoms with E-state index in [2.05, 4.69) is 485 Å². The minimum absolute atomic E-state index is 0.659. The topological polar surface area (TPSA) is 71.3 Å². The van der Waals surface area contributed by atoms with Crippen molar-refractivity contribution in [1.29, 1.82) is 0 Å². The minimum Gasteiger partial charge on any atom is -0.309 e. The van der Waals surface area contributed by atoms with Crippen LogP contribution in [0.5, 0.6) is 0 Å². The van der Waals surface area contributed by atoms with Crippen molar-refractivity contribution >= 4 is 109 Å². The van der Waals surface area contributed by atoms with Gasteiger partial charge in [0.25, 0.3) is 0 Å². The maximum Gasteiger partial charge on any atom is 0.160 e. The zero-order valence-electron chi connectivity index (χ0n) is 71.6. The highest BCUT2D eigenvalue weighted by Gasteiger charge is 2.24. The fourth-order valence-corrected chi connectivity index (χ4v) is 20.4. The van der Waals surface area contributed by atoms with E-state index in [-0.39, 0.29) is 0 Å². The first-order chi connectivity index (χ1) is 65.4. The summed E-state index contributed by atoms with van der Waals surface area (Å²) in [5.41, 5.74) is 34.4. The zero-order valence-corrected chi connectivity index (χ0v) is 71.6. The van der Waals surface area contributed by atoms with E-state index >= 15 is 0 Å². The Morgan fingerprint density at radius 2 is 0.432 bits per heavy atom. The Labute approximate surface area is 761 Å². The fraction of sp³-hybridized carbons (Fsp3) is 0. The highest BCUT2D eigenvalue weighted by atomic mass is 15.0. The van der Waals surface area contributed by atoms with E-state index in [1.54, 1.807) is 0 Å². The van der Waals surface area contributed by atoms with Crippen LogP contribution in [0.4, 0.5) is 0 Å². The van der Waals surface area contributed by atoms with Crippen LogP contribution in [0.2, 0.25) is 0 Å². The van der Waals surface area contributed by atoms with Crippen LogP contribution in [0.15, 0.2) is 473 Å². The standard InChI is InChI=1S/C124H78N8/c1-5-24-79(25-6-1)94-70-95(80-26-7-2-8-27-80)72-96(71-94)114-78-111(83-29-9-3-10-30-83)125-123(128-114)85-50-61-100(62-51-85)132-118-43-22-18-38-106(118)110-76-90(56-67-122(110)132)89-54-65-120-108(74-89)104-36-16-20-41-116(104)130(120)98-57-46-82(47-58-98)101-39-23-32-91-69-93(52-63-102(91)101)124-126-112(77-113(127-124)92-45-44-81-28-13-14-31-86(81)68-92)84-48-59-99(60-49-84)131-117-42-21-17-37-105(117)109-75-88(55-66-121(109)131)87-53-64-119-107(73-87)103-35-15-19-40-115(103)129(119)97-33-11-4-12-34-97/h1-78H. The van der Waals surface area contributed by atoms with Gasteiger partial charge in [0, 0.05) is 99.2 Å². The van der Waals surface area contributed by atoms with E-state index in [1.807, 2.05) is 6.07 Å². The molecule has 0 aliphatic carbocycles. The molecule has 0 amide bonds. The summed E-state index contributed by atoms with van der Waals surface area (Å²) in [7, 11) is 0. The number of fused-ring (bicyclic) bond motifs is 14. The van der Waals surface area contributed by atoms with E-state index in [0.717, 1.165) is 173 Å². The van der Waals surface area contributed by atoms with Crippen LogP contribution < -0.4 is 0 Å². The third-order valence-corrected chi connectivity index (χ3v) is 26.8. The van der Waals surface area contributed by atoms with Crippen LogP contribution in [-0.4, -0.2) is 38.2 Å². The average Bonchev–Trinajstić information content (AvgIpc) is 1.58. The van der Waals surface area contributed by atoms with E-state index in [9.17, 15) is 0 Å².